The highest BCUT2D eigenvalue weighted by Crippen LogP contribution is 2.29. The van der Waals surface area contributed by atoms with Crippen LogP contribution < -0.4 is 25.1 Å². The standard InChI is InChI=1S/C25H29N5O7/c1-33-18-11-21-20(27-12-18)2-3-24(31)30(21)5-4-29-6-7-34-19(15-29)13-28-25(32)37-16-17-10-22-23(14-26-17)36-9-8-35-22/h2-3,10-12,14,19H,4-9,13,15-16H2,1H3,(H,28,32). The zero-order valence-electron chi connectivity index (χ0n) is 20.6. The summed E-state index contributed by atoms with van der Waals surface area (Å²) < 4.78 is 29.0. The SMILES string of the molecule is COc1cnc2ccc(=O)n(CCN3CCOC(CNC(=O)OCc4cc5c(cn4)OCCO5)C3)c2c1. The Morgan fingerprint density at radius 3 is 2.84 bits per heavy atom. The van der Waals surface area contributed by atoms with Gasteiger partial charge in [0.15, 0.2) is 11.5 Å². The molecule has 12 nitrogen and oxygen atoms in total. The molecule has 0 bridgehead atoms. The van der Waals surface area contributed by atoms with Crippen molar-refractivity contribution in [1.82, 2.24) is 24.8 Å². The first-order valence-electron chi connectivity index (χ1n) is 12.1. The summed E-state index contributed by atoms with van der Waals surface area (Å²) in [7, 11) is 1.57. The van der Waals surface area contributed by atoms with Crippen molar-refractivity contribution in [3.05, 3.63) is 52.7 Å². The van der Waals surface area contributed by atoms with Crippen molar-refractivity contribution in [2.75, 3.05) is 53.1 Å². The predicted molar refractivity (Wildman–Crippen MR) is 132 cm³/mol. The van der Waals surface area contributed by atoms with Crippen LogP contribution in [0.1, 0.15) is 5.69 Å². The van der Waals surface area contributed by atoms with Crippen molar-refractivity contribution in [2.24, 2.45) is 0 Å². The molecule has 3 aromatic heterocycles. The molecule has 0 aliphatic carbocycles. The van der Waals surface area contributed by atoms with Gasteiger partial charge >= 0.3 is 6.09 Å². The normalized spacial score (nSPS) is 17.4. The molecule has 1 fully saturated rings. The molecule has 37 heavy (non-hydrogen) atoms. The number of carbonyl (C=O) groups is 1. The highest BCUT2D eigenvalue weighted by atomic mass is 16.6. The molecule has 12 heteroatoms. The van der Waals surface area contributed by atoms with Crippen molar-refractivity contribution < 1.29 is 28.5 Å². The third-order valence-corrected chi connectivity index (χ3v) is 6.22. The van der Waals surface area contributed by atoms with Crippen LogP contribution in [0.3, 0.4) is 0 Å². The molecule has 0 aromatic carbocycles. The van der Waals surface area contributed by atoms with Gasteiger partial charge in [-0.15, -0.1) is 0 Å². The summed E-state index contributed by atoms with van der Waals surface area (Å²) in [6, 6.07) is 6.77. The van der Waals surface area contributed by atoms with Crippen molar-refractivity contribution >= 4 is 17.1 Å². The van der Waals surface area contributed by atoms with Gasteiger partial charge in [-0.2, -0.15) is 0 Å². The molecule has 0 spiro atoms. The van der Waals surface area contributed by atoms with Crippen LogP contribution in [0.15, 0.2) is 41.5 Å². The Morgan fingerprint density at radius 2 is 1.97 bits per heavy atom. The third-order valence-electron chi connectivity index (χ3n) is 6.22. The molecule has 2 aliphatic rings. The van der Waals surface area contributed by atoms with Gasteiger partial charge in [0, 0.05) is 50.9 Å². The number of rotatable bonds is 8. The summed E-state index contributed by atoms with van der Waals surface area (Å²) in [6.07, 6.45) is 2.45. The Morgan fingerprint density at radius 1 is 1.11 bits per heavy atom. The molecule has 1 amide bonds. The van der Waals surface area contributed by atoms with E-state index in [0.717, 1.165) is 17.6 Å². The van der Waals surface area contributed by atoms with Gasteiger partial charge in [-0.3, -0.25) is 19.7 Å². The largest absolute Gasteiger partial charge is 0.495 e. The zero-order chi connectivity index (χ0) is 25.6. The fourth-order valence-electron chi connectivity index (χ4n) is 4.30. The number of hydrogen-bond acceptors (Lipinski definition) is 10. The Bertz CT molecular complexity index is 1310. The monoisotopic (exact) mass is 511 g/mol. The molecule has 2 aliphatic heterocycles. The number of amides is 1. The number of methoxy groups -OCH3 is 1. The molecule has 5 rings (SSSR count). The van der Waals surface area contributed by atoms with Crippen molar-refractivity contribution in [1.29, 1.82) is 0 Å². The Kier molecular flexibility index (Phi) is 7.66. The molecule has 3 aromatic rings. The Labute approximate surface area is 213 Å². The van der Waals surface area contributed by atoms with Gasteiger partial charge in [-0.25, -0.2) is 4.79 Å². The molecule has 0 radical (unpaired) electrons. The number of ether oxygens (including phenoxy) is 5. The van der Waals surface area contributed by atoms with E-state index in [1.807, 2.05) is 6.07 Å². The molecule has 1 atom stereocenters. The molecular formula is C25H29N5O7. The predicted octanol–water partition coefficient (Wildman–Crippen LogP) is 1.20. The quantitative estimate of drug-likeness (QED) is 0.471. The smallest absolute Gasteiger partial charge is 0.407 e. The van der Waals surface area contributed by atoms with Crippen LogP contribution in [0.2, 0.25) is 0 Å². The number of nitrogens with zero attached hydrogens (tertiary/aromatic N) is 4. The maximum Gasteiger partial charge on any atom is 0.407 e. The minimum Gasteiger partial charge on any atom is -0.495 e. The minimum atomic E-state index is -0.554. The van der Waals surface area contributed by atoms with Crippen LogP contribution >= 0.6 is 0 Å². The number of pyridine rings is 3. The molecular weight excluding hydrogens is 482 g/mol. The van der Waals surface area contributed by atoms with Crippen LogP contribution in [0.25, 0.3) is 11.0 Å². The van der Waals surface area contributed by atoms with Crippen LogP contribution in [-0.4, -0.2) is 84.7 Å². The lowest BCUT2D eigenvalue weighted by molar-refractivity contribution is -0.0278. The first-order chi connectivity index (χ1) is 18.1. The molecule has 1 saturated heterocycles. The van der Waals surface area contributed by atoms with E-state index in [9.17, 15) is 9.59 Å². The van der Waals surface area contributed by atoms with E-state index < -0.39 is 6.09 Å². The lowest BCUT2D eigenvalue weighted by atomic mass is 10.2. The number of carbonyl (C=O) groups excluding carboxylic acids is 1. The van der Waals surface area contributed by atoms with E-state index in [0.29, 0.717) is 68.9 Å². The van der Waals surface area contributed by atoms with Crippen LogP contribution in [0.5, 0.6) is 17.2 Å². The van der Waals surface area contributed by atoms with Crippen LogP contribution in [0, 0.1) is 0 Å². The molecule has 5 heterocycles. The lowest BCUT2D eigenvalue weighted by Gasteiger charge is -2.33. The second-order valence-electron chi connectivity index (χ2n) is 8.67. The molecule has 1 unspecified atom stereocenters. The zero-order valence-corrected chi connectivity index (χ0v) is 20.6. The van der Waals surface area contributed by atoms with Gasteiger partial charge in [0.1, 0.15) is 25.6 Å². The van der Waals surface area contributed by atoms with Crippen molar-refractivity contribution in [3.8, 4) is 17.2 Å². The van der Waals surface area contributed by atoms with E-state index in [1.54, 1.807) is 36.2 Å². The molecule has 1 N–H and O–H groups in total. The van der Waals surface area contributed by atoms with E-state index in [1.165, 1.54) is 6.07 Å². The second kappa shape index (κ2) is 11.4. The topological polar surface area (TPSA) is 126 Å². The average Bonchev–Trinajstić information content (AvgIpc) is 2.94. The van der Waals surface area contributed by atoms with Crippen LogP contribution in [0.4, 0.5) is 4.79 Å². The number of alkyl carbamates (subject to hydrolysis) is 1. The van der Waals surface area contributed by atoms with Gasteiger partial charge in [0.05, 0.1) is 48.9 Å². The summed E-state index contributed by atoms with van der Waals surface area (Å²) in [6.45, 7) is 4.30. The highest BCUT2D eigenvalue weighted by molar-refractivity contribution is 5.75. The van der Waals surface area contributed by atoms with Gasteiger partial charge in [-0.1, -0.05) is 0 Å². The van der Waals surface area contributed by atoms with Gasteiger partial charge in [-0.05, 0) is 6.07 Å². The summed E-state index contributed by atoms with van der Waals surface area (Å²) in [5, 5.41) is 2.75. The number of hydrogen-bond donors (Lipinski definition) is 1. The summed E-state index contributed by atoms with van der Waals surface area (Å²) in [5.41, 5.74) is 1.93. The lowest BCUT2D eigenvalue weighted by Crippen LogP contribution is -2.48. The minimum absolute atomic E-state index is 0.0134. The van der Waals surface area contributed by atoms with Crippen LogP contribution in [-0.2, 0) is 22.6 Å². The number of fused-ring (bicyclic) bond motifs is 2. The Balaban J connectivity index is 1.10. The van der Waals surface area contributed by atoms with Crippen molar-refractivity contribution in [3.63, 3.8) is 0 Å². The van der Waals surface area contributed by atoms with E-state index in [-0.39, 0.29) is 18.3 Å². The van der Waals surface area contributed by atoms with Gasteiger partial charge in [0.25, 0.3) is 5.56 Å². The summed E-state index contributed by atoms with van der Waals surface area (Å²) in [4.78, 5) is 35.6. The third kappa shape index (κ3) is 6.09. The summed E-state index contributed by atoms with van der Waals surface area (Å²) in [5.74, 6) is 1.78. The van der Waals surface area contributed by atoms with Crippen molar-refractivity contribution in [2.45, 2.75) is 19.3 Å². The van der Waals surface area contributed by atoms with E-state index in [2.05, 4.69) is 20.2 Å². The summed E-state index contributed by atoms with van der Waals surface area (Å²) >= 11 is 0. The fourth-order valence-corrected chi connectivity index (χ4v) is 4.30. The fraction of sp³-hybridized carbons (Fsp3) is 0.440. The highest BCUT2D eigenvalue weighted by Gasteiger charge is 2.22. The van der Waals surface area contributed by atoms with E-state index in [4.69, 9.17) is 23.7 Å². The number of nitrogens with one attached hydrogen (secondary N) is 1. The van der Waals surface area contributed by atoms with E-state index >= 15 is 0 Å². The maximum absolute atomic E-state index is 12.6. The molecule has 0 saturated carbocycles. The maximum atomic E-state index is 12.6. The average molecular weight is 512 g/mol. The number of morpholine rings is 1. The first-order valence-corrected chi connectivity index (χ1v) is 12.1. The second-order valence-corrected chi connectivity index (χ2v) is 8.67. The Hall–Kier alpha value is -3.90. The van der Waals surface area contributed by atoms with Gasteiger partial charge in [0.2, 0.25) is 0 Å². The van der Waals surface area contributed by atoms with Gasteiger partial charge < -0.3 is 33.6 Å². The first kappa shape index (κ1) is 24.8. The number of aromatic nitrogens is 3. The molecule has 196 valence electrons.